The molecule has 0 saturated heterocycles. The zero-order valence-electron chi connectivity index (χ0n) is 11.2. The van der Waals surface area contributed by atoms with Gasteiger partial charge in [0.15, 0.2) is 0 Å². The third-order valence-corrected chi connectivity index (χ3v) is 2.53. The second kappa shape index (κ2) is 9.02. The van der Waals surface area contributed by atoms with E-state index in [1.54, 1.807) is 4.90 Å². The van der Waals surface area contributed by atoms with Crippen molar-refractivity contribution in [2.75, 3.05) is 13.1 Å². The van der Waals surface area contributed by atoms with Gasteiger partial charge in [0.25, 0.3) is 0 Å². The number of carboxylic acids is 1. The van der Waals surface area contributed by atoms with E-state index in [0.717, 1.165) is 19.3 Å². The molecular formula is C13H25NO3. The lowest BCUT2D eigenvalue weighted by Gasteiger charge is -2.24. The van der Waals surface area contributed by atoms with Crippen LogP contribution in [-0.2, 0) is 9.59 Å². The number of aliphatic carboxylic acids is 1. The first-order valence-corrected chi connectivity index (χ1v) is 6.47. The number of carbonyl (C=O) groups excluding carboxylic acids is 1. The summed E-state index contributed by atoms with van der Waals surface area (Å²) in [6.45, 7) is 7.15. The Hall–Kier alpha value is -1.06. The first kappa shape index (κ1) is 15.9. The Morgan fingerprint density at radius 3 is 2.29 bits per heavy atom. The minimum atomic E-state index is -0.847. The van der Waals surface area contributed by atoms with Crippen LogP contribution in [0.25, 0.3) is 0 Å². The van der Waals surface area contributed by atoms with Crippen molar-refractivity contribution < 1.29 is 14.7 Å². The third kappa shape index (κ3) is 8.72. The monoisotopic (exact) mass is 243 g/mol. The Labute approximate surface area is 104 Å². The summed E-state index contributed by atoms with van der Waals surface area (Å²) in [6.07, 6.45) is 3.62. The first-order chi connectivity index (χ1) is 7.97. The number of nitrogens with zero attached hydrogens (tertiary/aromatic N) is 1. The quantitative estimate of drug-likeness (QED) is 0.633. The highest BCUT2D eigenvalue weighted by Crippen LogP contribution is 2.07. The largest absolute Gasteiger partial charge is 0.481 e. The van der Waals surface area contributed by atoms with Gasteiger partial charge in [-0.3, -0.25) is 9.59 Å². The Bertz CT molecular complexity index is 239. The molecule has 0 aromatic carbocycles. The molecule has 0 aliphatic heterocycles. The minimum absolute atomic E-state index is 0.0340. The molecule has 0 fully saturated rings. The van der Waals surface area contributed by atoms with Crippen LogP contribution in [0.15, 0.2) is 0 Å². The van der Waals surface area contributed by atoms with E-state index in [4.69, 9.17) is 5.11 Å². The van der Waals surface area contributed by atoms with Crippen molar-refractivity contribution in [3.05, 3.63) is 0 Å². The highest BCUT2D eigenvalue weighted by Gasteiger charge is 2.15. The summed E-state index contributed by atoms with van der Waals surface area (Å²) in [4.78, 5) is 24.1. The van der Waals surface area contributed by atoms with Crippen LogP contribution in [-0.4, -0.2) is 35.0 Å². The molecule has 0 heterocycles. The lowest BCUT2D eigenvalue weighted by atomic mass is 10.1. The second-order valence-corrected chi connectivity index (χ2v) is 4.83. The van der Waals surface area contributed by atoms with Crippen molar-refractivity contribution in [3.63, 3.8) is 0 Å². The van der Waals surface area contributed by atoms with Crippen molar-refractivity contribution in [3.8, 4) is 0 Å². The van der Waals surface area contributed by atoms with E-state index >= 15 is 0 Å². The predicted molar refractivity (Wildman–Crippen MR) is 67.8 cm³/mol. The highest BCUT2D eigenvalue weighted by molar-refractivity contribution is 5.77. The molecule has 0 atom stereocenters. The van der Waals surface area contributed by atoms with Crippen molar-refractivity contribution in [2.24, 2.45) is 5.92 Å². The van der Waals surface area contributed by atoms with Crippen LogP contribution in [0.4, 0.5) is 0 Å². The van der Waals surface area contributed by atoms with Crippen LogP contribution in [0.3, 0.4) is 0 Å². The summed E-state index contributed by atoms with van der Waals surface area (Å²) in [5.41, 5.74) is 0. The van der Waals surface area contributed by atoms with Gasteiger partial charge in [-0.2, -0.15) is 0 Å². The van der Waals surface area contributed by atoms with Gasteiger partial charge in [0.2, 0.25) is 5.91 Å². The first-order valence-electron chi connectivity index (χ1n) is 6.47. The molecule has 1 N–H and O–H groups in total. The normalized spacial score (nSPS) is 10.6. The Balaban J connectivity index is 4.14. The van der Waals surface area contributed by atoms with E-state index in [1.165, 1.54) is 0 Å². The highest BCUT2D eigenvalue weighted by atomic mass is 16.4. The van der Waals surface area contributed by atoms with Crippen molar-refractivity contribution in [2.45, 2.75) is 52.9 Å². The zero-order valence-corrected chi connectivity index (χ0v) is 11.2. The summed E-state index contributed by atoms with van der Waals surface area (Å²) in [5.74, 6) is -0.382. The smallest absolute Gasteiger partial charge is 0.305 e. The van der Waals surface area contributed by atoms with Crippen LogP contribution < -0.4 is 0 Å². The van der Waals surface area contributed by atoms with E-state index < -0.39 is 5.97 Å². The minimum Gasteiger partial charge on any atom is -0.481 e. The van der Waals surface area contributed by atoms with Gasteiger partial charge in [-0.05, 0) is 12.3 Å². The molecule has 0 spiro atoms. The average molecular weight is 243 g/mol. The van der Waals surface area contributed by atoms with Crippen molar-refractivity contribution in [1.29, 1.82) is 0 Å². The third-order valence-electron chi connectivity index (χ3n) is 2.53. The lowest BCUT2D eigenvalue weighted by Crippen LogP contribution is -2.35. The van der Waals surface area contributed by atoms with Gasteiger partial charge in [-0.25, -0.2) is 0 Å². The molecule has 4 heteroatoms. The van der Waals surface area contributed by atoms with Gasteiger partial charge < -0.3 is 10.0 Å². The maximum absolute atomic E-state index is 11.9. The number of hydrogen-bond donors (Lipinski definition) is 1. The predicted octanol–water partition coefficient (Wildman–Crippen LogP) is 2.53. The molecule has 17 heavy (non-hydrogen) atoms. The summed E-state index contributed by atoms with van der Waals surface area (Å²) in [5, 5.41) is 8.65. The van der Waals surface area contributed by atoms with Crippen LogP contribution in [0.2, 0.25) is 0 Å². The van der Waals surface area contributed by atoms with E-state index in [9.17, 15) is 9.59 Å². The van der Waals surface area contributed by atoms with Gasteiger partial charge in [-0.15, -0.1) is 0 Å². The SMILES string of the molecule is CCCCCC(=O)N(CCC(=O)O)CC(C)C. The maximum atomic E-state index is 11.9. The molecule has 0 aromatic heterocycles. The molecule has 0 bridgehead atoms. The number of carboxylic acid groups (broad SMARTS) is 1. The summed E-state index contributed by atoms with van der Waals surface area (Å²) in [7, 11) is 0. The lowest BCUT2D eigenvalue weighted by molar-refractivity contribution is -0.138. The van der Waals surface area contributed by atoms with Gasteiger partial charge in [0.1, 0.15) is 0 Å². The summed E-state index contributed by atoms with van der Waals surface area (Å²) >= 11 is 0. The summed E-state index contributed by atoms with van der Waals surface area (Å²) in [6, 6.07) is 0. The topological polar surface area (TPSA) is 57.6 Å². The Kier molecular flexibility index (Phi) is 8.46. The molecule has 100 valence electrons. The zero-order chi connectivity index (χ0) is 13.3. The molecule has 0 radical (unpaired) electrons. The van der Waals surface area contributed by atoms with Gasteiger partial charge >= 0.3 is 5.97 Å². The van der Waals surface area contributed by atoms with Crippen LogP contribution in [0.1, 0.15) is 52.9 Å². The Morgan fingerprint density at radius 1 is 1.18 bits per heavy atom. The second-order valence-electron chi connectivity index (χ2n) is 4.83. The number of hydrogen-bond acceptors (Lipinski definition) is 2. The number of amides is 1. The fraction of sp³-hybridized carbons (Fsp3) is 0.846. The van der Waals surface area contributed by atoms with E-state index in [0.29, 0.717) is 25.4 Å². The number of unbranched alkanes of at least 4 members (excludes halogenated alkanes) is 2. The van der Waals surface area contributed by atoms with Gasteiger partial charge in [0.05, 0.1) is 6.42 Å². The van der Waals surface area contributed by atoms with Crippen molar-refractivity contribution in [1.82, 2.24) is 4.90 Å². The molecule has 1 amide bonds. The van der Waals surface area contributed by atoms with Gasteiger partial charge in [0, 0.05) is 19.5 Å². The standard InChI is InChI=1S/C13H25NO3/c1-4-5-6-7-12(15)14(10-11(2)3)9-8-13(16)17/h11H,4-10H2,1-3H3,(H,16,17). The Morgan fingerprint density at radius 2 is 1.82 bits per heavy atom. The van der Waals surface area contributed by atoms with E-state index in [1.807, 2.05) is 13.8 Å². The molecule has 0 aromatic rings. The summed E-state index contributed by atoms with van der Waals surface area (Å²) < 4.78 is 0. The molecule has 0 saturated carbocycles. The number of rotatable bonds is 9. The average Bonchev–Trinajstić information content (AvgIpc) is 2.23. The van der Waals surface area contributed by atoms with E-state index in [2.05, 4.69) is 6.92 Å². The molecule has 0 aliphatic carbocycles. The van der Waals surface area contributed by atoms with Crippen LogP contribution in [0.5, 0.6) is 0 Å². The van der Waals surface area contributed by atoms with Crippen LogP contribution in [0, 0.1) is 5.92 Å². The maximum Gasteiger partial charge on any atom is 0.305 e. The molecule has 0 rings (SSSR count). The number of carbonyl (C=O) groups is 2. The van der Waals surface area contributed by atoms with Crippen molar-refractivity contribution >= 4 is 11.9 Å². The van der Waals surface area contributed by atoms with Crippen LogP contribution >= 0.6 is 0 Å². The fourth-order valence-corrected chi connectivity index (χ4v) is 1.67. The van der Waals surface area contributed by atoms with E-state index in [-0.39, 0.29) is 12.3 Å². The molecule has 4 nitrogen and oxygen atoms in total. The molecule has 0 aliphatic rings. The molecule has 0 unspecified atom stereocenters. The fourth-order valence-electron chi connectivity index (χ4n) is 1.67. The molecular weight excluding hydrogens is 218 g/mol. The van der Waals surface area contributed by atoms with Gasteiger partial charge in [-0.1, -0.05) is 33.6 Å².